The summed E-state index contributed by atoms with van der Waals surface area (Å²) in [6, 6.07) is 2.14. The van der Waals surface area contributed by atoms with Gasteiger partial charge in [0.15, 0.2) is 5.76 Å². The normalized spacial score (nSPS) is 15.3. The van der Waals surface area contributed by atoms with Crippen LogP contribution in [0, 0.1) is 16.0 Å². The number of carbonyl (C=O) groups is 2. The van der Waals surface area contributed by atoms with Crippen LogP contribution in [0.5, 0.6) is 0 Å². The van der Waals surface area contributed by atoms with Crippen molar-refractivity contribution in [3.8, 4) is 0 Å². The second-order valence-electron chi connectivity index (χ2n) is 4.64. The molecule has 0 spiro atoms. The minimum absolute atomic E-state index is 0.0724. The monoisotopic (exact) mass is 321 g/mol. The fourth-order valence-corrected chi connectivity index (χ4v) is 1.84. The highest BCUT2D eigenvalue weighted by atomic mass is 19.4. The van der Waals surface area contributed by atoms with Crippen LogP contribution in [0.1, 0.15) is 10.6 Å². The van der Waals surface area contributed by atoms with Gasteiger partial charge >= 0.3 is 12.1 Å². The Morgan fingerprint density at radius 2 is 2.05 bits per heavy atom. The highest BCUT2D eigenvalue weighted by Crippen LogP contribution is 2.23. The molecule has 2 rings (SSSR count). The second kappa shape index (κ2) is 5.66. The Kier molecular flexibility index (Phi) is 4.06. The molecule has 1 saturated heterocycles. The Morgan fingerprint density at radius 1 is 1.41 bits per heavy atom. The Hall–Kier alpha value is -2.59. The first-order valence-corrected chi connectivity index (χ1v) is 6.05. The van der Waals surface area contributed by atoms with Gasteiger partial charge in [-0.25, -0.2) is 0 Å². The summed E-state index contributed by atoms with van der Waals surface area (Å²) in [5, 5.41) is 12.2. The summed E-state index contributed by atoms with van der Waals surface area (Å²) in [5.74, 6) is -3.06. The van der Waals surface area contributed by atoms with E-state index in [4.69, 9.17) is 4.42 Å². The zero-order valence-electron chi connectivity index (χ0n) is 10.9. The number of hydrogen-bond acceptors (Lipinski definition) is 5. The number of nitrogens with one attached hydrogen (secondary N) is 1. The average molecular weight is 321 g/mol. The molecule has 11 heteroatoms. The summed E-state index contributed by atoms with van der Waals surface area (Å²) in [6.07, 6.45) is -4.50. The molecule has 0 bridgehead atoms. The fourth-order valence-electron chi connectivity index (χ4n) is 1.84. The van der Waals surface area contributed by atoms with Crippen LogP contribution in [-0.2, 0) is 4.79 Å². The van der Waals surface area contributed by atoms with Crippen molar-refractivity contribution in [1.29, 1.82) is 0 Å². The molecule has 0 unspecified atom stereocenters. The number of hydrogen-bond donors (Lipinski definition) is 1. The molecule has 0 radical (unpaired) electrons. The zero-order valence-corrected chi connectivity index (χ0v) is 10.9. The number of nitrogens with zero attached hydrogens (tertiary/aromatic N) is 2. The smallest absolute Gasteiger partial charge is 0.395 e. The van der Waals surface area contributed by atoms with E-state index in [0.717, 1.165) is 17.0 Å². The highest BCUT2D eigenvalue weighted by molar-refractivity contribution is 5.94. The number of furan rings is 1. The second-order valence-corrected chi connectivity index (χ2v) is 4.64. The first kappa shape index (κ1) is 15.8. The van der Waals surface area contributed by atoms with Crippen molar-refractivity contribution >= 4 is 17.7 Å². The predicted octanol–water partition coefficient (Wildman–Crippen LogP) is 0.938. The molecule has 0 atom stereocenters. The van der Waals surface area contributed by atoms with Crippen molar-refractivity contribution in [1.82, 2.24) is 10.2 Å². The van der Waals surface area contributed by atoms with Gasteiger partial charge in [0.1, 0.15) is 11.5 Å². The molecule has 0 saturated carbocycles. The lowest BCUT2D eigenvalue weighted by Gasteiger charge is -2.37. The first-order chi connectivity index (χ1) is 10.2. The van der Waals surface area contributed by atoms with E-state index in [1.54, 1.807) is 5.32 Å². The number of amides is 2. The van der Waals surface area contributed by atoms with Gasteiger partial charge < -0.3 is 14.6 Å². The topological polar surface area (TPSA) is 106 Å². The van der Waals surface area contributed by atoms with Crippen LogP contribution < -0.4 is 5.32 Å². The fraction of sp³-hybridized carbons (Fsp3) is 0.455. The summed E-state index contributed by atoms with van der Waals surface area (Å²) < 4.78 is 40.6. The first-order valence-electron chi connectivity index (χ1n) is 6.05. The largest absolute Gasteiger partial charge is 0.433 e. The van der Waals surface area contributed by atoms with E-state index in [1.807, 2.05) is 0 Å². The molecule has 2 heterocycles. The van der Waals surface area contributed by atoms with Crippen molar-refractivity contribution < 1.29 is 32.1 Å². The number of halogens is 3. The minimum atomic E-state index is -4.50. The quantitative estimate of drug-likeness (QED) is 0.656. The van der Waals surface area contributed by atoms with Crippen LogP contribution in [0.15, 0.2) is 16.5 Å². The van der Waals surface area contributed by atoms with E-state index < -0.39 is 41.3 Å². The van der Waals surface area contributed by atoms with Crippen LogP contribution >= 0.6 is 0 Å². The molecule has 1 aromatic heterocycles. The molecule has 22 heavy (non-hydrogen) atoms. The molecule has 1 aromatic rings. The van der Waals surface area contributed by atoms with E-state index >= 15 is 0 Å². The molecule has 1 aliphatic rings. The maximum absolute atomic E-state index is 11.9. The molecule has 120 valence electrons. The lowest BCUT2D eigenvalue weighted by Crippen LogP contribution is -2.56. The Balaban J connectivity index is 1.84. The molecule has 1 fully saturated rings. The molecule has 8 nitrogen and oxygen atoms in total. The zero-order chi connectivity index (χ0) is 16.5. The van der Waals surface area contributed by atoms with E-state index in [-0.39, 0.29) is 18.8 Å². The van der Waals surface area contributed by atoms with Crippen molar-refractivity contribution in [2.24, 2.45) is 5.92 Å². The van der Waals surface area contributed by atoms with E-state index in [9.17, 15) is 32.9 Å². The van der Waals surface area contributed by atoms with E-state index in [2.05, 4.69) is 0 Å². The molecule has 0 aliphatic carbocycles. The lowest BCUT2D eigenvalue weighted by molar-refractivity contribution is -0.402. The van der Waals surface area contributed by atoms with Crippen LogP contribution in [0.2, 0.25) is 0 Å². The van der Waals surface area contributed by atoms with Gasteiger partial charge in [0, 0.05) is 13.1 Å². The third-order valence-corrected chi connectivity index (χ3v) is 2.99. The summed E-state index contributed by atoms with van der Waals surface area (Å²) in [4.78, 5) is 34.0. The predicted molar refractivity (Wildman–Crippen MR) is 63.8 cm³/mol. The maximum Gasteiger partial charge on any atom is 0.433 e. The summed E-state index contributed by atoms with van der Waals surface area (Å²) in [5.41, 5.74) is 0. The van der Waals surface area contributed by atoms with Gasteiger partial charge in [0.2, 0.25) is 5.91 Å². The average Bonchev–Trinajstić information content (AvgIpc) is 2.83. The third-order valence-electron chi connectivity index (χ3n) is 2.99. The summed E-state index contributed by atoms with van der Waals surface area (Å²) in [6.45, 7) is -1.57. The summed E-state index contributed by atoms with van der Waals surface area (Å²) in [7, 11) is 0. The van der Waals surface area contributed by atoms with Gasteiger partial charge in [-0.1, -0.05) is 0 Å². The van der Waals surface area contributed by atoms with Gasteiger partial charge in [-0.2, -0.15) is 13.2 Å². The van der Waals surface area contributed by atoms with Crippen molar-refractivity contribution in [2.75, 3.05) is 19.6 Å². The lowest BCUT2D eigenvalue weighted by atomic mass is 9.99. The molecular formula is C11H10F3N3O5. The minimum Gasteiger partial charge on any atom is -0.395 e. The third kappa shape index (κ3) is 3.54. The summed E-state index contributed by atoms with van der Waals surface area (Å²) >= 11 is 0. The molecule has 0 aromatic carbocycles. The maximum atomic E-state index is 11.9. The van der Waals surface area contributed by atoms with Gasteiger partial charge in [0.25, 0.3) is 5.91 Å². The van der Waals surface area contributed by atoms with Gasteiger partial charge in [-0.15, -0.1) is 0 Å². The number of nitro groups is 1. The van der Waals surface area contributed by atoms with Crippen molar-refractivity contribution in [3.05, 3.63) is 28.0 Å². The van der Waals surface area contributed by atoms with Gasteiger partial charge in [0.05, 0.1) is 12.0 Å². The molecule has 1 N–H and O–H groups in total. The van der Waals surface area contributed by atoms with Crippen LogP contribution in [-0.4, -0.2) is 47.4 Å². The SMILES string of the molecule is O=C(NCC(F)(F)F)C1CN(C(=O)c2ccc([N+](=O)[O-])o2)C1. The standard InChI is InChI=1S/C11H10F3N3O5/c12-11(13,14)5-15-9(18)6-3-16(4-6)10(19)7-1-2-8(22-7)17(20)21/h1-2,6H,3-5H2,(H,15,18). The molecule has 2 amide bonds. The highest BCUT2D eigenvalue weighted by Gasteiger charge is 2.38. The Labute approximate surface area is 121 Å². The van der Waals surface area contributed by atoms with E-state index in [1.165, 1.54) is 0 Å². The number of carbonyl (C=O) groups excluding carboxylic acids is 2. The number of likely N-dealkylation sites (tertiary alicyclic amines) is 1. The van der Waals surface area contributed by atoms with E-state index in [0.29, 0.717) is 0 Å². The van der Waals surface area contributed by atoms with Crippen molar-refractivity contribution in [3.63, 3.8) is 0 Å². The van der Waals surface area contributed by atoms with Crippen LogP contribution in [0.4, 0.5) is 19.1 Å². The number of alkyl halides is 3. The molecule has 1 aliphatic heterocycles. The van der Waals surface area contributed by atoms with Crippen LogP contribution in [0.25, 0.3) is 0 Å². The van der Waals surface area contributed by atoms with Gasteiger partial charge in [-0.05, 0) is 6.07 Å². The molecular weight excluding hydrogens is 311 g/mol. The Bertz CT molecular complexity index is 606. The Morgan fingerprint density at radius 3 is 2.55 bits per heavy atom. The number of rotatable bonds is 4. The van der Waals surface area contributed by atoms with Crippen molar-refractivity contribution in [2.45, 2.75) is 6.18 Å². The van der Waals surface area contributed by atoms with Crippen LogP contribution in [0.3, 0.4) is 0 Å². The van der Waals surface area contributed by atoms with Gasteiger partial charge in [-0.3, -0.25) is 19.7 Å².